The molecule has 3 aliphatic heterocycles. The Hall–Kier alpha value is -1.79. The van der Waals surface area contributed by atoms with Gasteiger partial charge >= 0.3 is 0 Å². The van der Waals surface area contributed by atoms with Crippen LogP contribution in [0.15, 0.2) is 18.2 Å². The summed E-state index contributed by atoms with van der Waals surface area (Å²) in [6, 6.07) is 6.15. The topological polar surface area (TPSA) is 71.0 Å². The third kappa shape index (κ3) is 3.01. The third-order valence-electron chi connectivity index (χ3n) is 5.01. The minimum Gasteiger partial charge on any atom is -0.486 e. The van der Waals surface area contributed by atoms with Crippen LogP contribution in [-0.4, -0.2) is 53.9 Å². The smallest absolute Gasteiger partial charge is 0.238 e. The number of carbonyl (C=O) groups excluding carboxylic acids is 1. The molecule has 124 valence electrons. The number of aliphatic hydroxyl groups excluding tert-OH is 1. The summed E-state index contributed by atoms with van der Waals surface area (Å²) in [7, 11) is 0. The first kappa shape index (κ1) is 14.8. The molecule has 0 aliphatic carbocycles. The van der Waals surface area contributed by atoms with E-state index in [9.17, 15) is 9.90 Å². The van der Waals surface area contributed by atoms with Gasteiger partial charge in [0.05, 0.1) is 12.6 Å². The van der Waals surface area contributed by atoms with Gasteiger partial charge in [-0.25, -0.2) is 0 Å². The molecular weight excluding hydrogens is 296 g/mol. The Bertz CT molecular complexity index is 592. The fraction of sp³-hybridized carbons (Fsp3) is 0.588. The largest absolute Gasteiger partial charge is 0.486 e. The normalized spacial score (nSPS) is 29.3. The molecule has 0 saturated carbocycles. The van der Waals surface area contributed by atoms with Crippen LogP contribution in [0.3, 0.4) is 0 Å². The minimum atomic E-state index is -0.204. The highest BCUT2D eigenvalue weighted by Crippen LogP contribution is 2.36. The van der Waals surface area contributed by atoms with Crippen molar-refractivity contribution in [2.45, 2.75) is 43.9 Å². The lowest BCUT2D eigenvalue weighted by atomic mass is 10.00. The molecule has 0 spiro atoms. The second-order valence-electron chi connectivity index (χ2n) is 6.59. The summed E-state index contributed by atoms with van der Waals surface area (Å²) in [5.41, 5.74) is 0.726. The van der Waals surface area contributed by atoms with E-state index in [1.807, 2.05) is 12.1 Å². The highest BCUT2D eigenvalue weighted by atomic mass is 16.6. The van der Waals surface area contributed by atoms with E-state index in [2.05, 4.69) is 10.2 Å². The molecule has 2 fully saturated rings. The van der Waals surface area contributed by atoms with Crippen molar-refractivity contribution in [3.63, 3.8) is 0 Å². The van der Waals surface area contributed by atoms with Crippen LogP contribution in [0.1, 0.15) is 25.7 Å². The number of hydrogen-bond acceptors (Lipinski definition) is 5. The van der Waals surface area contributed by atoms with Gasteiger partial charge in [-0.15, -0.1) is 0 Å². The van der Waals surface area contributed by atoms with Crippen molar-refractivity contribution >= 4 is 11.6 Å². The van der Waals surface area contributed by atoms with E-state index < -0.39 is 0 Å². The minimum absolute atomic E-state index is 0.0185. The van der Waals surface area contributed by atoms with Crippen molar-refractivity contribution in [3.05, 3.63) is 18.2 Å². The van der Waals surface area contributed by atoms with E-state index >= 15 is 0 Å². The Morgan fingerprint density at radius 3 is 2.61 bits per heavy atom. The monoisotopic (exact) mass is 318 g/mol. The first-order chi connectivity index (χ1) is 11.2. The van der Waals surface area contributed by atoms with Crippen LogP contribution in [0, 0.1) is 0 Å². The van der Waals surface area contributed by atoms with Crippen molar-refractivity contribution in [3.8, 4) is 11.5 Å². The number of hydrogen-bond donors (Lipinski definition) is 2. The van der Waals surface area contributed by atoms with Crippen LogP contribution in [0.4, 0.5) is 5.69 Å². The quantitative estimate of drug-likeness (QED) is 0.881. The number of carbonyl (C=O) groups is 1. The predicted octanol–water partition coefficient (Wildman–Crippen LogP) is 1.38. The van der Waals surface area contributed by atoms with Crippen LogP contribution in [-0.2, 0) is 4.79 Å². The standard InChI is InChI=1S/C17H22N2O4/c20-14-8-12-2-3-13(9-14)19(12)10-17(21)18-11-1-4-15-16(7-11)23-6-5-22-15/h1,4,7,12-14,20H,2-3,5-6,8-10H2,(H,18,21). The molecule has 4 rings (SSSR count). The molecule has 3 heterocycles. The maximum absolute atomic E-state index is 12.4. The van der Waals surface area contributed by atoms with Gasteiger partial charge in [0.15, 0.2) is 11.5 Å². The SMILES string of the molecule is O=C(CN1C2CCC1CC(O)C2)Nc1ccc2c(c1)OCCO2. The number of nitrogens with zero attached hydrogens (tertiary/aromatic N) is 1. The summed E-state index contributed by atoms with van der Waals surface area (Å²) in [6.07, 6.45) is 3.53. The fourth-order valence-electron chi connectivity index (χ4n) is 3.99. The Morgan fingerprint density at radius 2 is 1.87 bits per heavy atom. The molecule has 3 aliphatic rings. The molecular formula is C17H22N2O4. The first-order valence-electron chi connectivity index (χ1n) is 8.32. The lowest BCUT2D eigenvalue weighted by molar-refractivity contribution is -0.119. The zero-order valence-corrected chi connectivity index (χ0v) is 13.0. The van der Waals surface area contributed by atoms with Gasteiger partial charge in [-0.2, -0.15) is 0 Å². The lowest BCUT2D eigenvalue weighted by Crippen LogP contribution is -2.47. The molecule has 0 aromatic heterocycles. The maximum Gasteiger partial charge on any atom is 0.238 e. The highest BCUT2D eigenvalue weighted by molar-refractivity contribution is 5.92. The van der Waals surface area contributed by atoms with Gasteiger partial charge in [-0.1, -0.05) is 0 Å². The van der Waals surface area contributed by atoms with Gasteiger partial charge in [0.2, 0.25) is 5.91 Å². The summed E-state index contributed by atoms with van der Waals surface area (Å²) in [5.74, 6) is 1.38. The van der Waals surface area contributed by atoms with Gasteiger partial charge in [0, 0.05) is 23.8 Å². The number of ether oxygens (including phenoxy) is 2. The summed E-state index contributed by atoms with van der Waals surface area (Å²) in [5, 5.41) is 12.8. The predicted molar refractivity (Wildman–Crippen MR) is 84.8 cm³/mol. The molecule has 1 aromatic carbocycles. The molecule has 2 unspecified atom stereocenters. The second kappa shape index (κ2) is 6.02. The lowest BCUT2D eigenvalue weighted by Gasteiger charge is -2.36. The Balaban J connectivity index is 1.39. The number of benzene rings is 1. The van der Waals surface area contributed by atoms with Crippen LogP contribution in [0.5, 0.6) is 11.5 Å². The maximum atomic E-state index is 12.4. The molecule has 1 amide bonds. The van der Waals surface area contributed by atoms with Crippen molar-refractivity contribution in [1.82, 2.24) is 4.90 Å². The van der Waals surface area contributed by atoms with E-state index in [1.165, 1.54) is 0 Å². The number of nitrogens with one attached hydrogen (secondary N) is 1. The molecule has 2 atom stereocenters. The summed E-state index contributed by atoms with van der Waals surface area (Å²) in [6.45, 7) is 1.47. The average molecular weight is 318 g/mol. The van der Waals surface area contributed by atoms with Crippen molar-refractivity contribution in [2.75, 3.05) is 25.1 Å². The van der Waals surface area contributed by atoms with Crippen molar-refractivity contribution in [1.29, 1.82) is 0 Å². The number of anilines is 1. The molecule has 2 bridgehead atoms. The molecule has 2 saturated heterocycles. The molecule has 6 nitrogen and oxygen atoms in total. The second-order valence-corrected chi connectivity index (χ2v) is 6.59. The van der Waals surface area contributed by atoms with Crippen LogP contribution >= 0.6 is 0 Å². The molecule has 2 N–H and O–H groups in total. The number of aliphatic hydroxyl groups is 1. The molecule has 0 radical (unpaired) electrons. The van der Waals surface area contributed by atoms with E-state index in [1.54, 1.807) is 6.07 Å². The zero-order chi connectivity index (χ0) is 15.8. The number of amides is 1. The number of piperidine rings is 1. The zero-order valence-electron chi connectivity index (χ0n) is 13.0. The van der Waals surface area contributed by atoms with Gasteiger partial charge in [-0.05, 0) is 37.8 Å². The molecule has 23 heavy (non-hydrogen) atoms. The third-order valence-corrected chi connectivity index (χ3v) is 5.01. The average Bonchev–Trinajstić information content (AvgIpc) is 2.78. The van der Waals surface area contributed by atoms with Gasteiger partial charge in [0.25, 0.3) is 0 Å². The summed E-state index contributed by atoms with van der Waals surface area (Å²) < 4.78 is 11.0. The van der Waals surface area contributed by atoms with Gasteiger partial charge in [-0.3, -0.25) is 9.69 Å². The summed E-state index contributed by atoms with van der Waals surface area (Å²) >= 11 is 0. The molecule has 6 heteroatoms. The number of fused-ring (bicyclic) bond motifs is 3. The highest BCUT2D eigenvalue weighted by Gasteiger charge is 2.40. The first-order valence-corrected chi connectivity index (χ1v) is 8.32. The Labute approximate surface area is 135 Å². The van der Waals surface area contributed by atoms with E-state index in [0.29, 0.717) is 37.6 Å². The van der Waals surface area contributed by atoms with E-state index in [4.69, 9.17) is 9.47 Å². The Morgan fingerprint density at radius 1 is 1.17 bits per heavy atom. The van der Waals surface area contributed by atoms with E-state index in [0.717, 1.165) is 37.1 Å². The van der Waals surface area contributed by atoms with Crippen molar-refractivity contribution < 1.29 is 19.4 Å². The Kier molecular flexibility index (Phi) is 3.87. The van der Waals surface area contributed by atoms with Crippen LogP contribution in [0.25, 0.3) is 0 Å². The number of rotatable bonds is 3. The summed E-state index contributed by atoms with van der Waals surface area (Å²) in [4.78, 5) is 14.6. The molecule has 1 aromatic rings. The van der Waals surface area contributed by atoms with Crippen molar-refractivity contribution in [2.24, 2.45) is 0 Å². The van der Waals surface area contributed by atoms with Gasteiger partial charge < -0.3 is 19.9 Å². The van der Waals surface area contributed by atoms with Gasteiger partial charge in [0.1, 0.15) is 13.2 Å². The fourth-order valence-corrected chi connectivity index (χ4v) is 3.99. The van der Waals surface area contributed by atoms with E-state index in [-0.39, 0.29) is 12.0 Å². The van der Waals surface area contributed by atoms with Crippen LogP contribution < -0.4 is 14.8 Å². The van der Waals surface area contributed by atoms with Crippen LogP contribution in [0.2, 0.25) is 0 Å².